The molecule has 3 aromatic rings. The zero-order valence-electron chi connectivity index (χ0n) is 16.4. The topological polar surface area (TPSA) is 127 Å². The average molecular weight is 427 g/mol. The predicted octanol–water partition coefficient (Wildman–Crippen LogP) is 2.21. The Bertz CT molecular complexity index is 1180. The number of hydrogen-bond donors (Lipinski definition) is 2. The molecule has 1 aliphatic rings. The second-order valence-corrected chi connectivity index (χ2v) is 9.28. The van der Waals surface area contributed by atoms with Crippen molar-refractivity contribution in [3.05, 3.63) is 60.2 Å². The van der Waals surface area contributed by atoms with E-state index in [9.17, 15) is 18.3 Å². The molecule has 1 heterocycles. The van der Waals surface area contributed by atoms with Gasteiger partial charge in [0.15, 0.2) is 0 Å². The van der Waals surface area contributed by atoms with Gasteiger partial charge in [-0.3, -0.25) is 4.79 Å². The molecule has 0 amide bonds. The number of aliphatic carboxylic acids is 1. The van der Waals surface area contributed by atoms with Crippen molar-refractivity contribution in [2.24, 2.45) is 0 Å². The number of carbonyl (C=O) groups is 1. The summed E-state index contributed by atoms with van der Waals surface area (Å²) in [7, 11) is -4.04. The first-order chi connectivity index (χ1) is 14.2. The first-order valence-electron chi connectivity index (χ1n) is 9.45. The van der Waals surface area contributed by atoms with Crippen molar-refractivity contribution < 1.29 is 18.3 Å². The van der Waals surface area contributed by atoms with Gasteiger partial charge in [0, 0.05) is 11.5 Å². The highest BCUT2D eigenvalue weighted by Gasteiger charge is 2.63. The van der Waals surface area contributed by atoms with Gasteiger partial charge >= 0.3 is 5.97 Å². The Morgan fingerprint density at radius 3 is 2.40 bits per heavy atom. The third-order valence-electron chi connectivity index (χ3n) is 5.17. The van der Waals surface area contributed by atoms with Crippen LogP contribution >= 0.6 is 0 Å². The van der Waals surface area contributed by atoms with Gasteiger partial charge < -0.3 is 5.11 Å². The normalized spacial score (nSPS) is 21.0. The van der Waals surface area contributed by atoms with Crippen LogP contribution in [0.5, 0.6) is 0 Å². The number of carboxylic acid groups (broad SMARTS) is 1. The summed E-state index contributed by atoms with van der Waals surface area (Å²) in [6.45, 7) is 3.84. The molecule has 1 aromatic heterocycles. The van der Waals surface area contributed by atoms with E-state index in [0.717, 1.165) is 5.56 Å². The van der Waals surface area contributed by atoms with E-state index in [-0.39, 0.29) is 17.4 Å². The van der Waals surface area contributed by atoms with Gasteiger partial charge in [-0.15, -0.1) is 10.2 Å². The Morgan fingerprint density at radius 1 is 1.17 bits per heavy atom. The number of hydrogen-bond acceptors (Lipinski definition) is 6. The van der Waals surface area contributed by atoms with Crippen LogP contribution < -0.4 is 4.72 Å². The van der Waals surface area contributed by atoms with E-state index in [4.69, 9.17) is 0 Å². The Balaban J connectivity index is 1.56. The molecule has 1 saturated carbocycles. The molecule has 9 nitrogen and oxygen atoms in total. The molecule has 2 N–H and O–H groups in total. The first kappa shape index (κ1) is 20.2. The summed E-state index contributed by atoms with van der Waals surface area (Å²) in [5.74, 6) is -1.22. The van der Waals surface area contributed by atoms with Crippen molar-refractivity contribution in [3.8, 4) is 11.4 Å². The fourth-order valence-electron chi connectivity index (χ4n) is 3.38. The Labute approximate surface area is 173 Å². The second-order valence-electron chi connectivity index (χ2n) is 7.60. The summed E-state index contributed by atoms with van der Waals surface area (Å²) in [6.07, 6.45) is 0.200. The monoisotopic (exact) mass is 427 g/mol. The van der Waals surface area contributed by atoms with Crippen LogP contribution in [0.1, 0.15) is 37.8 Å². The summed E-state index contributed by atoms with van der Waals surface area (Å²) in [4.78, 5) is 13.4. The average Bonchev–Trinajstić information content (AvgIpc) is 3.22. The van der Waals surface area contributed by atoms with Crippen molar-refractivity contribution >= 4 is 16.0 Å². The number of benzene rings is 2. The molecular formula is C20H21N5O4S. The maximum atomic E-state index is 12.9. The molecule has 1 aliphatic carbocycles. The smallest absolute Gasteiger partial charge is 0.325 e. The lowest BCUT2D eigenvalue weighted by Gasteiger charge is -2.15. The van der Waals surface area contributed by atoms with Crippen LogP contribution in [0, 0.1) is 0 Å². The van der Waals surface area contributed by atoms with E-state index in [0.29, 0.717) is 11.4 Å². The van der Waals surface area contributed by atoms with Gasteiger partial charge in [-0.2, -0.15) is 9.52 Å². The maximum Gasteiger partial charge on any atom is 0.325 e. The van der Waals surface area contributed by atoms with Gasteiger partial charge in [-0.1, -0.05) is 30.3 Å². The molecule has 10 heteroatoms. The van der Waals surface area contributed by atoms with Gasteiger partial charge in [-0.25, -0.2) is 8.42 Å². The molecule has 2 aromatic carbocycles. The lowest BCUT2D eigenvalue weighted by molar-refractivity contribution is -0.140. The number of nitrogens with zero attached hydrogens (tertiary/aromatic N) is 4. The van der Waals surface area contributed by atoms with Crippen LogP contribution in [-0.2, 0) is 14.8 Å². The number of carboxylic acids is 1. The molecule has 2 atom stereocenters. The highest BCUT2D eigenvalue weighted by molar-refractivity contribution is 7.89. The minimum atomic E-state index is -4.04. The van der Waals surface area contributed by atoms with Gasteiger partial charge in [0.05, 0.1) is 10.9 Å². The summed E-state index contributed by atoms with van der Waals surface area (Å²) >= 11 is 0. The Kier molecular flexibility index (Phi) is 4.91. The highest BCUT2D eigenvalue weighted by atomic mass is 32.2. The van der Waals surface area contributed by atoms with Crippen LogP contribution in [0.2, 0.25) is 0 Å². The molecule has 1 fully saturated rings. The van der Waals surface area contributed by atoms with Gasteiger partial charge in [0.1, 0.15) is 5.54 Å². The third-order valence-corrected chi connectivity index (χ3v) is 6.70. The Morgan fingerprint density at radius 2 is 1.83 bits per heavy atom. The quantitative estimate of drug-likeness (QED) is 0.592. The number of tetrazole rings is 1. The molecule has 4 rings (SSSR count). The van der Waals surface area contributed by atoms with Crippen molar-refractivity contribution in [1.29, 1.82) is 0 Å². The van der Waals surface area contributed by atoms with E-state index < -0.39 is 27.4 Å². The summed E-state index contributed by atoms with van der Waals surface area (Å²) < 4.78 is 28.2. The van der Waals surface area contributed by atoms with Crippen molar-refractivity contribution in [3.63, 3.8) is 0 Å². The zero-order valence-corrected chi connectivity index (χ0v) is 17.2. The molecule has 156 valence electrons. The number of nitrogens with one attached hydrogen (secondary N) is 1. The van der Waals surface area contributed by atoms with Crippen LogP contribution in [-0.4, -0.2) is 45.2 Å². The maximum absolute atomic E-state index is 12.9. The lowest BCUT2D eigenvalue weighted by atomic mass is 10.1. The van der Waals surface area contributed by atoms with Crippen molar-refractivity contribution in [2.45, 2.75) is 42.7 Å². The molecule has 0 unspecified atom stereocenters. The number of rotatable bonds is 7. The van der Waals surface area contributed by atoms with E-state index in [2.05, 4.69) is 20.1 Å². The summed E-state index contributed by atoms with van der Waals surface area (Å²) in [5, 5.41) is 21.9. The number of aromatic nitrogens is 4. The van der Waals surface area contributed by atoms with Crippen molar-refractivity contribution in [2.75, 3.05) is 0 Å². The zero-order chi connectivity index (χ0) is 21.5. The van der Waals surface area contributed by atoms with Gasteiger partial charge in [0.2, 0.25) is 15.8 Å². The lowest BCUT2D eigenvalue weighted by Crippen LogP contribution is -2.44. The summed E-state index contributed by atoms with van der Waals surface area (Å²) in [5.41, 5.74) is -0.139. The van der Waals surface area contributed by atoms with Crippen molar-refractivity contribution in [1.82, 2.24) is 24.9 Å². The first-order valence-corrected chi connectivity index (χ1v) is 10.9. The van der Waals surface area contributed by atoms with Crippen LogP contribution in [0.3, 0.4) is 0 Å². The minimum absolute atomic E-state index is 0.0261. The van der Waals surface area contributed by atoms with E-state index in [1.807, 2.05) is 19.9 Å². The SMILES string of the molecule is CC(C)n1nnc(-c2ccc(S(=O)(=O)N[C@]3(C(=O)O)C[C@H]3c3ccccc3)cc2)n1. The van der Waals surface area contributed by atoms with E-state index >= 15 is 0 Å². The second kappa shape index (κ2) is 7.29. The number of sulfonamides is 1. The molecule has 0 spiro atoms. The predicted molar refractivity (Wildman–Crippen MR) is 108 cm³/mol. The van der Waals surface area contributed by atoms with Gasteiger partial charge in [0.25, 0.3) is 0 Å². The van der Waals surface area contributed by atoms with E-state index in [1.54, 1.807) is 36.4 Å². The molecule has 0 radical (unpaired) electrons. The molecule has 0 saturated heterocycles. The van der Waals surface area contributed by atoms with E-state index in [1.165, 1.54) is 16.9 Å². The van der Waals surface area contributed by atoms with Gasteiger partial charge in [-0.05, 0) is 55.3 Å². The molecular weight excluding hydrogens is 406 g/mol. The largest absolute Gasteiger partial charge is 0.480 e. The minimum Gasteiger partial charge on any atom is -0.480 e. The van der Waals surface area contributed by atoms with Crippen LogP contribution in [0.4, 0.5) is 0 Å². The fourth-order valence-corrected chi connectivity index (χ4v) is 4.79. The molecule has 0 aliphatic heterocycles. The fraction of sp³-hybridized carbons (Fsp3) is 0.300. The van der Waals surface area contributed by atoms with Crippen LogP contribution in [0.15, 0.2) is 59.5 Å². The highest BCUT2D eigenvalue weighted by Crippen LogP contribution is 2.52. The summed E-state index contributed by atoms with van der Waals surface area (Å²) in [6, 6.07) is 15.1. The third kappa shape index (κ3) is 3.59. The molecule has 0 bridgehead atoms. The van der Waals surface area contributed by atoms with Crippen LogP contribution in [0.25, 0.3) is 11.4 Å². The molecule has 30 heavy (non-hydrogen) atoms. The Hall–Kier alpha value is -3.11. The standard InChI is InChI=1S/C20H21N5O4S/c1-13(2)25-22-18(21-24-25)15-8-10-16(11-9-15)30(28,29)23-20(19(26)27)12-17(20)14-6-4-3-5-7-14/h3-11,13,17,23H,12H2,1-2H3,(H,26,27)/t17-,20+/m0/s1.